The highest BCUT2D eigenvalue weighted by molar-refractivity contribution is 7.98. The fourth-order valence-electron chi connectivity index (χ4n) is 0.772. The third kappa shape index (κ3) is 4.77. The minimum Gasteiger partial charge on any atom is -0.481 e. The van der Waals surface area contributed by atoms with Crippen LogP contribution in [0.5, 0.6) is 0 Å². The number of carbonyl (C=O) groups excluding carboxylic acids is 1. The Bertz CT molecular complexity index is 196. The van der Waals surface area contributed by atoms with Gasteiger partial charge >= 0.3 is 5.97 Å². The molecule has 0 rings (SSSR count). The van der Waals surface area contributed by atoms with Crippen LogP contribution in [0.15, 0.2) is 0 Å². The highest BCUT2D eigenvalue weighted by Gasteiger charge is 2.21. The summed E-state index contributed by atoms with van der Waals surface area (Å²) in [5.74, 6) is -1.69. The van der Waals surface area contributed by atoms with Gasteiger partial charge in [0.25, 0.3) is 0 Å². The van der Waals surface area contributed by atoms with Gasteiger partial charge in [-0.25, -0.2) is 0 Å². The molecule has 0 aliphatic heterocycles. The van der Waals surface area contributed by atoms with Crippen molar-refractivity contribution in [3.63, 3.8) is 0 Å². The molecule has 13 heavy (non-hydrogen) atoms. The first kappa shape index (κ1) is 12.3. The molecule has 2 N–H and O–H groups in total. The van der Waals surface area contributed by atoms with E-state index < -0.39 is 17.8 Å². The maximum Gasteiger partial charge on any atom is 0.315 e. The highest BCUT2D eigenvalue weighted by Crippen LogP contribution is 1.99. The topological polar surface area (TPSA) is 66.4 Å². The molecular formula is C8H15NO3S. The maximum absolute atomic E-state index is 11.2. The molecule has 0 aliphatic rings. The van der Waals surface area contributed by atoms with E-state index in [1.807, 2.05) is 13.2 Å². The summed E-state index contributed by atoms with van der Waals surface area (Å²) in [6.45, 7) is 3.23. The molecule has 0 bridgehead atoms. The van der Waals surface area contributed by atoms with Gasteiger partial charge in [-0.15, -0.1) is 0 Å². The standard InChI is InChI=1S/C8H15NO3S/c1-5(4-13-3)9-7(10)6(2)8(11)12/h5-6H,4H2,1-3H3,(H,9,10)(H,11,12). The third-order valence-electron chi connectivity index (χ3n) is 1.57. The second-order valence-corrected chi connectivity index (χ2v) is 3.84. The van der Waals surface area contributed by atoms with Gasteiger partial charge in [0.15, 0.2) is 0 Å². The second kappa shape index (κ2) is 5.85. The smallest absolute Gasteiger partial charge is 0.315 e. The average Bonchev–Trinajstić information content (AvgIpc) is 2.03. The van der Waals surface area contributed by atoms with Gasteiger partial charge < -0.3 is 10.4 Å². The summed E-state index contributed by atoms with van der Waals surface area (Å²) in [5.41, 5.74) is 0. The molecule has 0 saturated carbocycles. The fourth-order valence-corrected chi connectivity index (χ4v) is 1.35. The third-order valence-corrected chi connectivity index (χ3v) is 2.40. The normalized spacial score (nSPS) is 14.7. The molecule has 0 aromatic rings. The summed E-state index contributed by atoms with van der Waals surface area (Å²) in [6, 6.07) is 0.0179. The SMILES string of the molecule is CSCC(C)NC(=O)C(C)C(=O)O. The van der Waals surface area contributed by atoms with Crippen LogP contribution in [-0.2, 0) is 9.59 Å². The largest absolute Gasteiger partial charge is 0.481 e. The molecule has 2 unspecified atom stereocenters. The average molecular weight is 205 g/mol. The number of carbonyl (C=O) groups is 2. The van der Waals surface area contributed by atoms with Gasteiger partial charge in [0.1, 0.15) is 5.92 Å². The van der Waals surface area contributed by atoms with Crippen LogP contribution in [0.4, 0.5) is 0 Å². The van der Waals surface area contributed by atoms with Gasteiger partial charge in [-0.05, 0) is 20.1 Å². The minimum absolute atomic E-state index is 0.0179. The monoisotopic (exact) mass is 205 g/mol. The molecule has 0 saturated heterocycles. The number of carboxylic acids is 1. The van der Waals surface area contributed by atoms with Crippen LogP contribution in [0.25, 0.3) is 0 Å². The zero-order chi connectivity index (χ0) is 10.4. The van der Waals surface area contributed by atoms with Crippen molar-refractivity contribution in [1.29, 1.82) is 0 Å². The Morgan fingerprint density at radius 3 is 2.38 bits per heavy atom. The van der Waals surface area contributed by atoms with Crippen LogP contribution in [0.1, 0.15) is 13.8 Å². The molecule has 1 amide bonds. The van der Waals surface area contributed by atoms with Gasteiger partial charge in [0.2, 0.25) is 5.91 Å². The lowest BCUT2D eigenvalue weighted by atomic mass is 10.1. The van der Waals surface area contributed by atoms with Crippen LogP contribution in [-0.4, -0.2) is 35.0 Å². The first-order chi connectivity index (χ1) is 5.99. The number of carboxylic acid groups (broad SMARTS) is 1. The Morgan fingerprint density at radius 1 is 1.46 bits per heavy atom. The van der Waals surface area contributed by atoms with Gasteiger partial charge in [-0.1, -0.05) is 0 Å². The molecule has 5 heteroatoms. The lowest BCUT2D eigenvalue weighted by Crippen LogP contribution is -2.40. The van der Waals surface area contributed by atoms with Gasteiger partial charge in [-0.3, -0.25) is 9.59 Å². The molecule has 76 valence electrons. The number of nitrogens with one attached hydrogen (secondary N) is 1. The van der Waals surface area contributed by atoms with Crippen molar-refractivity contribution in [3.05, 3.63) is 0 Å². The summed E-state index contributed by atoms with van der Waals surface area (Å²) in [6.07, 6.45) is 1.93. The van der Waals surface area contributed by atoms with E-state index >= 15 is 0 Å². The summed E-state index contributed by atoms with van der Waals surface area (Å²) in [7, 11) is 0. The van der Waals surface area contributed by atoms with Gasteiger partial charge in [0.05, 0.1) is 0 Å². The van der Waals surface area contributed by atoms with E-state index in [-0.39, 0.29) is 6.04 Å². The first-order valence-electron chi connectivity index (χ1n) is 4.01. The van der Waals surface area contributed by atoms with E-state index in [0.717, 1.165) is 5.75 Å². The molecule has 0 aromatic carbocycles. The second-order valence-electron chi connectivity index (χ2n) is 2.92. The van der Waals surface area contributed by atoms with E-state index in [4.69, 9.17) is 5.11 Å². The predicted octanol–water partition coefficient (Wildman–Crippen LogP) is 0.575. The van der Waals surface area contributed by atoms with Crippen LogP contribution < -0.4 is 5.32 Å². The van der Waals surface area contributed by atoms with Crippen LogP contribution in [0.2, 0.25) is 0 Å². The minimum atomic E-state index is -1.09. The van der Waals surface area contributed by atoms with E-state index in [2.05, 4.69) is 5.32 Å². The van der Waals surface area contributed by atoms with Gasteiger partial charge in [-0.2, -0.15) is 11.8 Å². The Balaban J connectivity index is 3.92. The van der Waals surface area contributed by atoms with Crippen molar-refractivity contribution in [2.75, 3.05) is 12.0 Å². The van der Waals surface area contributed by atoms with Crippen molar-refractivity contribution in [2.45, 2.75) is 19.9 Å². The Kier molecular flexibility index (Phi) is 5.53. The Hall–Kier alpha value is -0.710. The van der Waals surface area contributed by atoms with Crippen molar-refractivity contribution in [2.24, 2.45) is 5.92 Å². The van der Waals surface area contributed by atoms with E-state index in [0.29, 0.717) is 0 Å². The lowest BCUT2D eigenvalue weighted by Gasteiger charge is -2.14. The summed E-state index contributed by atoms with van der Waals surface area (Å²) in [5, 5.41) is 11.2. The number of aliphatic carboxylic acids is 1. The van der Waals surface area contributed by atoms with Crippen LogP contribution in [0.3, 0.4) is 0 Å². The highest BCUT2D eigenvalue weighted by atomic mass is 32.2. The van der Waals surface area contributed by atoms with Crippen LogP contribution >= 0.6 is 11.8 Å². The zero-order valence-electron chi connectivity index (χ0n) is 8.03. The Labute approximate surface area is 82.1 Å². The van der Waals surface area contributed by atoms with E-state index in [1.165, 1.54) is 6.92 Å². The number of amides is 1. The summed E-state index contributed by atoms with van der Waals surface area (Å²) in [4.78, 5) is 21.6. The Morgan fingerprint density at radius 2 is 2.00 bits per heavy atom. The van der Waals surface area contributed by atoms with Crippen molar-refractivity contribution in [1.82, 2.24) is 5.32 Å². The molecule has 0 heterocycles. The molecule has 0 fully saturated rings. The zero-order valence-corrected chi connectivity index (χ0v) is 8.85. The van der Waals surface area contributed by atoms with Crippen molar-refractivity contribution >= 4 is 23.6 Å². The molecule has 4 nitrogen and oxygen atoms in total. The molecule has 0 radical (unpaired) electrons. The number of hydrogen-bond acceptors (Lipinski definition) is 3. The number of hydrogen-bond donors (Lipinski definition) is 2. The first-order valence-corrected chi connectivity index (χ1v) is 5.40. The molecule has 0 aromatic heterocycles. The van der Waals surface area contributed by atoms with E-state index in [9.17, 15) is 9.59 Å². The molecule has 0 spiro atoms. The van der Waals surface area contributed by atoms with E-state index in [1.54, 1.807) is 11.8 Å². The van der Waals surface area contributed by atoms with Crippen LogP contribution in [0, 0.1) is 5.92 Å². The van der Waals surface area contributed by atoms with Crippen molar-refractivity contribution < 1.29 is 14.7 Å². The molecular weight excluding hydrogens is 190 g/mol. The number of rotatable bonds is 5. The quantitative estimate of drug-likeness (QED) is 0.644. The molecule has 2 atom stereocenters. The fraction of sp³-hybridized carbons (Fsp3) is 0.750. The summed E-state index contributed by atoms with van der Waals surface area (Å²) >= 11 is 1.61. The summed E-state index contributed by atoms with van der Waals surface area (Å²) < 4.78 is 0. The van der Waals surface area contributed by atoms with Gasteiger partial charge in [0, 0.05) is 11.8 Å². The lowest BCUT2D eigenvalue weighted by molar-refractivity contribution is -0.146. The predicted molar refractivity (Wildman–Crippen MR) is 52.8 cm³/mol. The van der Waals surface area contributed by atoms with Crippen molar-refractivity contribution in [3.8, 4) is 0 Å². The molecule has 0 aliphatic carbocycles. The number of thioether (sulfide) groups is 1. The maximum atomic E-state index is 11.2.